The Bertz CT molecular complexity index is 921. The van der Waals surface area contributed by atoms with Crippen molar-refractivity contribution in [2.45, 2.75) is 20.8 Å². The zero-order valence-electron chi connectivity index (χ0n) is 14.9. The number of para-hydroxylation sites is 1. The summed E-state index contributed by atoms with van der Waals surface area (Å²) in [7, 11) is 0. The highest BCUT2D eigenvalue weighted by Gasteiger charge is 2.32. The molecule has 0 aliphatic carbocycles. The van der Waals surface area contributed by atoms with E-state index < -0.39 is 0 Å². The lowest BCUT2D eigenvalue weighted by atomic mass is 10.1. The number of phenolic OH excluding ortho intramolecular Hbond substituents is 1. The van der Waals surface area contributed by atoms with Gasteiger partial charge in [0.15, 0.2) is 16.6 Å². The number of rotatable bonds is 4. The lowest BCUT2D eigenvalue weighted by Gasteiger charge is -2.15. The molecule has 2 N–H and O–H groups in total. The summed E-state index contributed by atoms with van der Waals surface area (Å²) in [4.78, 5) is 14.3. The van der Waals surface area contributed by atoms with Crippen LogP contribution in [0.15, 0.2) is 42.1 Å². The number of nitrogens with zero attached hydrogens (tertiary/aromatic N) is 1. The number of aromatic hydroxyl groups is 1. The maximum atomic E-state index is 12.8. The van der Waals surface area contributed by atoms with Crippen LogP contribution in [0.2, 0.25) is 0 Å². The third-order valence-corrected chi connectivity index (χ3v) is 4.54. The molecule has 0 radical (unpaired) electrons. The number of carbonyl (C=O) groups excluding carboxylic acids is 1. The van der Waals surface area contributed by atoms with Crippen LogP contribution in [0, 0.1) is 13.8 Å². The second-order valence-corrected chi connectivity index (χ2v) is 6.41. The fraction of sp³-hybridized carbons (Fsp3) is 0.200. The number of carbonyl (C=O) groups is 1. The van der Waals surface area contributed by atoms with Gasteiger partial charge in [-0.3, -0.25) is 9.69 Å². The molecular weight excluding hydrogens is 348 g/mol. The first kappa shape index (κ1) is 17.9. The Morgan fingerprint density at radius 1 is 1.23 bits per heavy atom. The topological polar surface area (TPSA) is 61.8 Å². The molecule has 1 amide bonds. The largest absolute Gasteiger partial charge is 0.504 e. The fourth-order valence-electron chi connectivity index (χ4n) is 2.72. The molecule has 0 aromatic heterocycles. The van der Waals surface area contributed by atoms with Crippen LogP contribution in [0.4, 0.5) is 5.69 Å². The Kier molecular flexibility index (Phi) is 4.95. The van der Waals surface area contributed by atoms with Crippen LogP contribution < -0.4 is 15.0 Å². The number of anilines is 1. The van der Waals surface area contributed by atoms with Gasteiger partial charge in [-0.1, -0.05) is 18.2 Å². The molecule has 1 aliphatic heterocycles. The van der Waals surface area contributed by atoms with E-state index in [1.165, 1.54) is 4.90 Å². The van der Waals surface area contributed by atoms with Crippen molar-refractivity contribution in [3.8, 4) is 11.5 Å². The Balaban J connectivity index is 1.95. The lowest BCUT2D eigenvalue weighted by molar-refractivity contribution is -0.113. The molecule has 0 saturated carbocycles. The second-order valence-electron chi connectivity index (χ2n) is 6.02. The third kappa shape index (κ3) is 3.28. The van der Waals surface area contributed by atoms with Gasteiger partial charge in [-0.25, -0.2) is 0 Å². The van der Waals surface area contributed by atoms with Gasteiger partial charge < -0.3 is 15.2 Å². The van der Waals surface area contributed by atoms with Crippen molar-refractivity contribution < 1.29 is 14.6 Å². The van der Waals surface area contributed by atoms with Gasteiger partial charge in [0.1, 0.15) is 5.70 Å². The molecule has 26 heavy (non-hydrogen) atoms. The Morgan fingerprint density at radius 2 is 2.00 bits per heavy atom. The molecule has 2 aromatic rings. The first-order chi connectivity index (χ1) is 12.4. The zero-order chi connectivity index (χ0) is 18.8. The normalized spacial score (nSPS) is 15.5. The van der Waals surface area contributed by atoms with Gasteiger partial charge in [-0.15, -0.1) is 0 Å². The van der Waals surface area contributed by atoms with Gasteiger partial charge in [-0.05, 0) is 68.4 Å². The van der Waals surface area contributed by atoms with Crippen molar-refractivity contribution in [2.24, 2.45) is 0 Å². The van der Waals surface area contributed by atoms with Crippen molar-refractivity contribution in [1.82, 2.24) is 5.32 Å². The molecule has 0 atom stereocenters. The molecule has 2 aromatic carbocycles. The first-order valence-electron chi connectivity index (χ1n) is 8.31. The number of hydrogen-bond donors (Lipinski definition) is 2. The van der Waals surface area contributed by atoms with E-state index in [2.05, 4.69) is 5.32 Å². The molecule has 0 spiro atoms. The number of amides is 1. The van der Waals surface area contributed by atoms with Gasteiger partial charge in [0.05, 0.1) is 12.3 Å². The van der Waals surface area contributed by atoms with E-state index in [4.69, 9.17) is 17.0 Å². The number of benzene rings is 2. The van der Waals surface area contributed by atoms with Crippen molar-refractivity contribution in [3.05, 3.63) is 58.8 Å². The van der Waals surface area contributed by atoms with Crippen LogP contribution in [0.3, 0.4) is 0 Å². The Labute approximate surface area is 157 Å². The van der Waals surface area contributed by atoms with Crippen LogP contribution in [0.5, 0.6) is 11.5 Å². The maximum Gasteiger partial charge on any atom is 0.281 e. The minimum Gasteiger partial charge on any atom is -0.504 e. The summed E-state index contributed by atoms with van der Waals surface area (Å²) in [5.74, 6) is 0.104. The molecule has 5 nitrogen and oxygen atoms in total. The molecule has 0 bridgehead atoms. The van der Waals surface area contributed by atoms with Crippen molar-refractivity contribution in [3.63, 3.8) is 0 Å². The smallest absolute Gasteiger partial charge is 0.281 e. The molecule has 1 saturated heterocycles. The summed E-state index contributed by atoms with van der Waals surface area (Å²) >= 11 is 5.34. The minimum absolute atomic E-state index is 0.00741. The standard InChI is InChI=1S/C20H20N2O3S/c1-4-25-17-7-5-6-14(18(17)23)11-16-19(24)22(20(26)21-16)15-9-8-12(2)13(3)10-15/h5-11,23H,4H2,1-3H3,(H,21,26). The van der Waals surface area contributed by atoms with Crippen molar-refractivity contribution in [1.29, 1.82) is 0 Å². The van der Waals surface area contributed by atoms with E-state index in [1.807, 2.05) is 39.0 Å². The lowest BCUT2D eigenvalue weighted by Crippen LogP contribution is -2.30. The van der Waals surface area contributed by atoms with E-state index in [0.717, 1.165) is 11.1 Å². The van der Waals surface area contributed by atoms with Gasteiger partial charge in [0.2, 0.25) is 0 Å². The summed E-state index contributed by atoms with van der Waals surface area (Å²) in [6, 6.07) is 10.9. The maximum absolute atomic E-state index is 12.8. The fourth-order valence-corrected chi connectivity index (χ4v) is 3.02. The van der Waals surface area contributed by atoms with E-state index >= 15 is 0 Å². The van der Waals surface area contributed by atoms with Crippen molar-refractivity contribution in [2.75, 3.05) is 11.5 Å². The molecule has 1 fully saturated rings. The van der Waals surface area contributed by atoms with E-state index in [-0.39, 0.29) is 11.7 Å². The highest BCUT2D eigenvalue weighted by Crippen LogP contribution is 2.32. The number of ether oxygens (including phenoxy) is 1. The number of phenols is 1. The summed E-state index contributed by atoms with van der Waals surface area (Å²) in [6.07, 6.45) is 1.58. The van der Waals surface area contributed by atoms with Gasteiger partial charge in [-0.2, -0.15) is 0 Å². The Morgan fingerprint density at radius 3 is 2.69 bits per heavy atom. The van der Waals surface area contributed by atoms with Gasteiger partial charge in [0.25, 0.3) is 5.91 Å². The van der Waals surface area contributed by atoms with Gasteiger partial charge >= 0.3 is 0 Å². The SMILES string of the molecule is CCOc1cccc(C=C2NC(=S)N(c3ccc(C)c(C)c3)C2=O)c1O. The number of hydrogen-bond acceptors (Lipinski definition) is 4. The molecule has 3 rings (SSSR count). The average Bonchev–Trinajstić information content (AvgIpc) is 2.88. The van der Waals surface area contributed by atoms with Crippen LogP contribution in [-0.2, 0) is 4.79 Å². The first-order valence-corrected chi connectivity index (χ1v) is 8.72. The molecule has 6 heteroatoms. The number of aryl methyl sites for hydroxylation is 2. The van der Waals surface area contributed by atoms with E-state index in [9.17, 15) is 9.90 Å². The van der Waals surface area contributed by atoms with Crippen LogP contribution in [0.1, 0.15) is 23.6 Å². The number of nitrogens with one attached hydrogen (secondary N) is 1. The van der Waals surface area contributed by atoms with Gasteiger partial charge in [0, 0.05) is 5.56 Å². The summed E-state index contributed by atoms with van der Waals surface area (Å²) in [5, 5.41) is 13.6. The van der Waals surface area contributed by atoms with Crippen molar-refractivity contribution >= 4 is 35.0 Å². The highest BCUT2D eigenvalue weighted by molar-refractivity contribution is 7.80. The predicted octanol–water partition coefficient (Wildman–Crippen LogP) is 3.67. The average molecular weight is 368 g/mol. The third-order valence-electron chi connectivity index (χ3n) is 4.26. The van der Waals surface area contributed by atoms with Crippen LogP contribution >= 0.6 is 12.2 Å². The molecule has 1 heterocycles. The van der Waals surface area contributed by atoms with Crippen LogP contribution in [0.25, 0.3) is 6.08 Å². The predicted molar refractivity (Wildman–Crippen MR) is 106 cm³/mol. The molecule has 0 unspecified atom stereocenters. The molecular formula is C20H20N2O3S. The summed E-state index contributed by atoms with van der Waals surface area (Å²) in [6.45, 7) is 6.28. The highest BCUT2D eigenvalue weighted by atomic mass is 32.1. The summed E-state index contributed by atoms with van der Waals surface area (Å²) in [5.41, 5.74) is 3.73. The summed E-state index contributed by atoms with van der Waals surface area (Å²) < 4.78 is 5.38. The zero-order valence-corrected chi connectivity index (χ0v) is 15.7. The monoisotopic (exact) mass is 368 g/mol. The molecule has 134 valence electrons. The Hall–Kier alpha value is -2.86. The van der Waals surface area contributed by atoms with E-state index in [1.54, 1.807) is 24.3 Å². The van der Waals surface area contributed by atoms with Crippen LogP contribution in [-0.4, -0.2) is 22.7 Å². The quantitative estimate of drug-likeness (QED) is 0.637. The number of thiocarbonyl (C=S) groups is 1. The minimum atomic E-state index is -0.264. The second kappa shape index (κ2) is 7.17. The molecule has 1 aliphatic rings. The van der Waals surface area contributed by atoms with E-state index in [0.29, 0.717) is 34.4 Å².